The highest BCUT2D eigenvalue weighted by molar-refractivity contribution is 5.63. The molecule has 29 heavy (non-hydrogen) atoms. The maximum absolute atomic E-state index is 13.9. The van der Waals surface area contributed by atoms with E-state index in [0.717, 1.165) is 39.5 Å². The van der Waals surface area contributed by atoms with E-state index in [1.165, 1.54) is 12.1 Å². The SMILES string of the molecule is Cc1cccc(-n2cc(CN(C)Cc3cc(C)[nH]n3)c(-c3cccc(F)c3)n2)c1. The number of H-pyrrole nitrogens is 1. The van der Waals surface area contributed by atoms with Crippen LogP contribution in [-0.2, 0) is 13.1 Å². The standard InChI is InChI=1S/C23H24FN5/c1-16-6-4-9-22(10-16)29-14-19(13-28(3)15-21-11-17(2)25-26-21)23(27-29)18-7-5-8-20(24)12-18/h4-12,14H,13,15H2,1-3H3,(H,25,26). The van der Waals surface area contributed by atoms with Gasteiger partial charge in [-0.15, -0.1) is 0 Å². The highest BCUT2D eigenvalue weighted by Crippen LogP contribution is 2.26. The number of nitrogens with one attached hydrogen (secondary N) is 1. The van der Waals surface area contributed by atoms with Crippen molar-refractivity contribution in [2.24, 2.45) is 0 Å². The van der Waals surface area contributed by atoms with Crippen molar-refractivity contribution in [2.45, 2.75) is 26.9 Å². The molecule has 6 heteroatoms. The van der Waals surface area contributed by atoms with E-state index in [-0.39, 0.29) is 5.82 Å². The van der Waals surface area contributed by atoms with Crippen LogP contribution in [-0.4, -0.2) is 31.9 Å². The Balaban J connectivity index is 1.68. The van der Waals surface area contributed by atoms with E-state index in [9.17, 15) is 4.39 Å². The molecular weight excluding hydrogens is 365 g/mol. The lowest BCUT2D eigenvalue weighted by Gasteiger charge is -2.15. The smallest absolute Gasteiger partial charge is 0.123 e. The van der Waals surface area contributed by atoms with Gasteiger partial charge in [-0.25, -0.2) is 9.07 Å². The van der Waals surface area contributed by atoms with Crippen LogP contribution in [0.4, 0.5) is 4.39 Å². The third kappa shape index (κ3) is 4.43. The third-order valence-electron chi connectivity index (χ3n) is 4.79. The summed E-state index contributed by atoms with van der Waals surface area (Å²) in [6.45, 7) is 5.43. The van der Waals surface area contributed by atoms with Gasteiger partial charge in [0.05, 0.1) is 17.1 Å². The number of benzene rings is 2. The first-order valence-electron chi connectivity index (χ1n) is 9.59. The molecule has 0 radical (unpaired) electrons. The Labute approximate surface area is 169 Å². The van der Waals surface area contributed by atoms with Crippen LogP contribution < -0.4 is 0 Å². The van der Waals surface area contributed by atoms with Gasteiger partial charge in [0, 0.05) is 36.1 Å². The molecule has 0 aliphatic heterocycles. The van der Waals surface area contributed by atoms with E-state index in [0.29, 0.717) is 13.1 Å². The molecule has 1 N–H and O–H groups in total. The lowest BCUT2D eigenvalue weighted by molar-refractivity contribution is 0.315. The largest absolute Gasteiger partial charge is 0.296 e. The lowest BCUT2D eigenvalue weighted by atomic mass is 10.1. The maximum atomic E-state index is 13.9. The minimum Gasteiger partial charge on any atom is -0.296 e. The molecule has 2 aromatic heterocycles. The van der Waals surface area contributed by atoms with Crippen LogP contribution in [0.3, 0.4) is 0 Å². The minimum atomic E-state index is -0.265. The van der Waals surface area contributed by atoms with Crippen LogP contribution in [0.25, 0.3) is 16.9 Å². The number of rotatable bonds is 6. The first kappa shape index (κ1) is 19.1. The highest BCUT2D eigenvalue weighted by atomic mass is 19.1. The van der Waals surface area contributed by atoms with E-state index >= 15 is 0 Å². The maximum Gasteiger partial charge on any atom is 0.123 e. The summed E-state index contributed by atoms with van der Waals surface area (Å²) in [4.78, 5) is 2.18. The average molecular weight is 389 g/mol. The van der Waals surface area contributed by atoms with Gasteiger partial charge < -0.3 is 0 Å². The molecule has 148 valence electrons. The molecule has 4 rings (SSSR count). The average Bonchev–Trinajstić information content (AvgIpc) is 3.28. The van der Waals surface area contributed by atoms with Gasteiger partial charge in [-0.1, -0.05) is 24.3 Å². The molecule has 0 aliphatic rings. The van der Waals surface area contributed by atoms with Crippen LogP contribution in [0.5, 0.6) is 0 Å². The zero-order valence-electron chi connectivity index (χ0n) is 16.9. The van der Waals surface area contributed by atoms with Crippen molar-refractivity contribution in [3.63, 3.8) is 0 Å². The summed E-state index contributed by atoms with van der Waals surface area (Å²) in [5, 5.41) is 12.1. The van der Waals surface area contributed by atoms with Crippen molar-refractivity contribution in [3.8, 4) is 16.9 Å². The number of aryl methyl sites for hydroxylation is 2. The molecule has 0 atom stereocenters. The Morgan fingerprint density at radius 1 is 1.03 bits per heavy atom. The number of halogens is 1. The second-order valence-electron chi connectivity index (χ2n) is 7.51. The molecule has 0 saturated carbocycles. The molecule has 0 bridgehead atoms. The highest BCUT2D eigenvalue weighted by Gasteiger charge is 2.15. The van der Waals surface area contributed by atoms with Gasteiger partial charge in [0.1, 0.15) is 5.82 Å². The first-order chi connectivity index (χ1) is 14.0. The zero-order valence-corrected chi connectivity index (χ0v) is 16.9. The quantitative estimate of drug-likeness (QED) is 0.522. The van der Waals surface area contributed by atoms with Gasteiger partial charge in [-0.05, 0) is 56.8 Å². The summed E-state index contributed by atoms with van der Waals surface area (Å²) in [5.41, 5.74) is 6.78. The molecule has 5 nitrogen and oxygen atoms in total. The zero-order chi connectivity index (χ0) is 20.4. The van der Waals surface area contributed by atoms with Crippen LogP contribution in [0.15, 0.2) is 60.8 Å². The predicted molar refractivity (Wildman–Crippen MR) is 112 cm³/mol. The minimum absolute atomic E-state index is 0.265. The Bertz CT molecular complexity index is 1130. The van der Waals surface area contributed by atoms with Crippen molar-refractivity contribution in [2.75, 3.05) is 7.05 Å². The summed E-state index contributed by atoms with van der Waals surface area (Å²) >= 11 is 0. The van der Waals surface area contributed by atoms with Gasteiger partial charge >= 0.3 is 0 Å². The van der Waals surface area contributed by atoms with Crippen LogP contribution in [0, 0.1) is 19.7 Å². The van der Waals surface area contributed by atoms with Crippen molar-refractivity contribution in [1.82, 2.24) is 24.9 Å². The fourth-order valence-electron chi connectivity index (χ4n) is 3.49. The van der Waals surface area contributed by atoms with Crippen molar-refractivity contribution >= 4 is 0 Å². The van der Waals surface area contributed by atoms with E-state index in [4.69, 9.17) is 5.10 Å². The summed E-state index contributed by atoms with van der Waals surface area (Å²) in [6.07, 6.45) is 2.03. The fraction of sp³-hybridized carbons (Fsp3) is 0.217. The summed E-state index contributed by atoms with van der Waals surface area (Å²) in [7, 11) is 2.05. The van der Waals surface area contributed by atoms with Crippen LogP contribution in [0.1, 0.15) is 22.5 Å². The Morgan fingerprint density at radius 3 is 2.59 bits per heavy atom. The summed E-state index contributed by atoms with van der Waals surface area (Å²) < 4.78 is 15.7. The van der Waals surface area contributed by atoms with Crippen molar-refractivity contribution in [3.05, 3.63) is 89.1 Å². The van der Waals surface area contributed by atoms with Gasteiger partial charge in [-0.3, -0.25) is 10.00 Å². The van der Waals surface area contributed by atoms with Gasteiger partial charge in [-0.2, -0.15) is 10.2 Å². The molecule has 0 amide bonds. The summed E-state index contributed by atoms with van der Waals surface area (Å²) in [5.74, 6) is -0.265. The van der Waals surface area contributed by atoms with E-state index < -0.39 is 0 Å². The summed E-state index contributed by atoms with van der Waals surface area (Å²) in [6, 6.07) is 16.8. The normalized spacial score (nSPS) is 11.3. The van der Waals surface area contributed by atoms with E-state index in [1.54, 1.807) is 6.07 Å². The lowest BCUT2D eigenvalue weighted by Crippen LogP contribution is -2.17. The second-order valence-corrected chi connectivity index (χ2v) is 7.51. The van der Waals surface area contributed by atoms with E-state index in [1.807, 2.05) is 49.1 Å². The van der Waals surface area contributed by atoms with E-state index in [2.05, 4.69) is 34.2 Å². The molecule has 0 aliphatic carbocycles. The number of hydrogen-bond donors (Lipinski definition) is 1. The number of hydrogen-bond acceptors (Lipinski definition) is 3. The Morgan fingerprint density at radius 2 is 1.86 bits per heavy atom. The number of nitrogens with zero attached hydrogens (tertiary/aromatic N) is 4. The predicted octanol–water partition coefficient (Wildman–Crippen LogP) is 4.65. The molecule has 0 saturated heterocycles. The number of aromatic nitrogens is 4. The van der Waals surface area contributed by atoms with Crippen LogP contribution in [0.2, 0.25) is 0 Å². The molecule has 0 unspecified atom stereocenters. The Hall–Kier alpha value is -3.25. The second kappa shape index (κ2) is 8.01. The molecule has 0 fully saturated rings. The molecule has 0 spiro atoms. The van der Waals surface area contributed by atoms with Crippen molar-refractivity contribution < 1.29 is 4.39 Å². The van der Waals surface area contributed by atoms with Crippen molar-refractivity contribution in [1.29, 1.82) is 0 Å². The molecule has 2 aromatic carbocycles. The van der Waals surface area contributed by atoms with Crippen LogP contribution >= 0.6 is 0 Å². The Kier molecular flexibility index (Phi) is 5.27. The fourth-order valence-corrected chi connectivity index (χ4v) is 3.49. The monoisotopic (exact) mass is 389 g/mol. The van der Waals surface area contributed by atoms with Gasteiger partial charge in [0.15, 0.2) is 0 Å². The molecule has 2 heterocycles. The van der Waals surface area contributed by atoms with Gasteiger partial charge in [0.25, 0.3) is 0 Å². The molecular formula is C23H24FN5. The number of aromatic amines is 1. The third-order valence-corrected chi connectivity index (χ3v) is 4.79. The van der Waals surface area contributed by atoms with Gasteiger partial charge in [0.2, 0.25) is 0 Å². The topological polar surface area (TPSA) is 49.7 Å². The molecule has 4 aromatic rings. The first-order valence-corrected chi connectivity index (χ1v) is 9.59.